The van der Waals surface area contributed by atoms with Crippen molar-refractivity contribution in [2.45, 2.75) is 26.4 Å². The molecule has 1 aliphatic heterocycles. The highest BCUT2D eigenvalue weighted by Crippen LogP contribution is 2.52. The van der Waals surface area contributed by atoms with Gasteiger partial charge in [-0.3, -0.25) is 9.59 Å². The summed E-state index contributed by atoms with van der Waals surface area (Å²) in [4.78, 5) is 37.6. The number of rotatable bonds is 7. The highest BCUT2D eigenvalue weighted by molar-refractivity contribution is 9.10. The Balaban J connectivity index is 1.57. The third-order valence-corrected chi connectivity index (χ3v) is 6.19. The topological polar surface area (TPSA) is 94.5 Å². The van der Waals surface area contributed by atoms with Gasteiger partial charge in [-0.2, -0.15) is 10.1 Å². The van der Waals surface area contributed by atoms with Crippen LogP contribution in [-0.4, -0.2) is 48.8 Å². The molecule has 4 rings (SSSR count). The summed E-state index contributed by atoms with van der Waals surface area (Å²) in [6, 6.07) is 3.38. The number of hydrogen-bond donors (Lipinski definition) is 0. The molecule has 1 aromatic rings. The van der Waals surface area contributed by atoms with E-state index in [4.69, 9.17) is 14.2 Å². The number of fused-ring (bicyclic) bond motifs is 5. The molecule has 1 saturated carbocycles. The van der Waals surface area contributed by atoms with E-state index in [0.717, 1.165) is 11.4 Å². The van der Waals surface area contributed by atoms with E-state index in [1.54, 1.807) is 26.0 Å². The number of nitrogens with zero attached hydrogens (tertiary/aromatic N) is 2. The fraction of sp³-hybridized carbons (Fsp3) is 0.455. The molecular weight excluding hydrogens is 468 g/mol. The molecule has 9 heteroatoms. The maximum absolute atomic E-state index is 12.8. The number of benzene rings is 1. The van der Waals surface area contributed by atoms with Gasteiger partial charge in [-0.05, 0) is 44.2 Å². The Bertz CT molecular complexity index is 958. The summed E-state index contributed by atoms with van der Waals surface area (Å²) in [7, 11) is 1.47. The fourth-order valence-corrected chi connectivity index (χ4v) is 4.99. The van der Waals surface area contributed by atoms with Crippen LogP contribution < -0.4 is 9.47 Å². The molecule has 0 N–H and O–H groups in total. The fourth-order valence-electron chi connectivity index (χ4n) is 4.54. The molecule has 3 aliphatic rings. The summed E-state index contributed by atoms with van der Waals surface area (Å²) in [5.41, 5.74) is 0.447. The number of imide groups is 1. The van der Waals surface area contributed by atoms with Gasteiger partial charge in [0.25, 0.3) is 11.8 Å². The van der Waals surface area contributed by atoms with Crippen LogP contribution in [0.1, 0.15) is 25.8 Å². The highest BCUT2D eigenvalue weighted by Gasteiger charge is 2.59. The second kappa shape index (κ2) is 8.45. The monoisotopic (exact) mass is 490 g/mol. The maximum Gasteiger partial charge on any atom is 0.344 e. The largest absolute Gasteiger partial charge is 0.493 e. The van der Waals surface area contributed by atoms with Crippen molar-refractivity contribution in [3.05, 3.63) is 34.3 Å². The zero-order chi connectivity index (χ0) is 22.3. The molecule has 0 radical (unpaired) electrons. The lowest BCUT2D eigenvalue weighted by Crippen LogP contribution is -2.28. The van der Waals surface area contributed by atoms with Crippen LogP contribution in [0.25, 0.3) is 0 Å². The number of methoxy groups -OCH3 is 1. The van der Waals surface area contributed by atoms with Gasteiger partial charge in [-0.25, -0.2) is 4.79 Å². The third kappa shape index (κ3) is 3.98. The maximum atomic E-state index is 12.8. The van der Waals surface area contributed by atoms with Crippen LogP contribution >= 0.6 is 15.9 Å². The molecule has 1 saturated heterocycles. The molecule has 2 amide bonds. The lowest BCUT2D eigenvalue weighted by molar-refractivity contribution is -0.149. The number of amides is 2. The van der Waals surface area contributed by atoms with Crippen molar-refractivity contribution in [1.29, 1.82) is 0 Å². The Morgan fingerprint density at radius 3 is 2.45 bits per heavy atom. The average molecular weight is 491 g/mol. The Labute approximate surface area is 188 Å². The zero-order valence-corrected chi connectivity index (χ0v) is 19.0. The molecule has 4 unspecified atom stereocenters. The Hall–Kier alpha value is -2.68. The van der Waals surface area contributed by atoms with E-state index in [0.29, 0.717) is 15.8 Å². The summed E-state index contributed by atoms with van der Waals surface area (Å²) in [5.74, 6) is -0.851. The summed E-state index contributed by atoms with van der Waals surface area (Å²) in [6.07, 6.45) is 6.04. The van der Waals surface area contributed by atoms with E-state index in [-0.39, 0.29) is 53.9 Å². The molecule has 4 atom stereocenters. The minimum atomic E-state index is -0.524. The van der Waals surface area contributed by atoms with E-state index >= 15 is 0 Å². The van der Waals surface area contributed by atoms with Crippen molar-refractivity contribution in [2.24, 2.45) is 28.8 Å². The van der Waals surface area contributed by atoms with Crippen LogP contribution in [0.5, 0.6) is 11.5 Å². The molecule has 31 heavy (non-hydrogen) atoms. The lowest BCUT2D eigenvalue weighted by atomic mass is 9.85. The Morgan fingerprint density at radius 2 is 1.87 bits per heavy atom. The molecule has 0 spiro atoms. The number of carbonyl (C=O) groups excluding carboxylic acids is 3. The first-order valence-electron chi connectivity index (χ1n) is 10.1. The molecule has 2 aliphatic carbocycles. The molecule has 2 fully saturated rings. The third-order valence-electron chi connectivity index (χ3n) is 5.73. The highest BCUT2D eigenvalue weighted by atomic mass is 79.9. The number of halogens is 1. The minimum absolute atomic E-state index is 0.114. The van der Waals surface area contributed by atoms with Gasteiger partial charge in [0.1, 0.15) is 0 Å². The molecule has 0 aromatic heterocycles. The Morgan fingerprint density at radius 1 is 1.23 bits per heavy atom. The van der Waals surface area contributed by atoms with Crippen molar-refractivity contribution in [3.8, 4) is 11.5 Å². The smallest absolute Gasteiger partial charge is 0.344 e. The lowest BCUT2D eigenvalue weighted by Gasteiger charge is -2.15. The molecular formula is C22H23BrN2O6. The number of ether oxygens (including phenoxy) is 3. The first-order chi connectivity index (χ1) is 14.8. The molecule has 164 valence electrons. The minimum Gasteiger partial charge on any atom is -0.493 e. The second-order valence-corrected chi connectivity index (χ2v) is 9.00. The van der Waals surface area contributed by atoms with Crippen molar-refractivity contribution < 1.29 is 28.6 Å². The van der Waals surface area contributed by atoms with E-state index in [1.807, 2.05) is 12.2 Å². The molecule has 2 bridgehead atoms. The summed E-state index contributed by atoms with van der Waals surface area (Å²) in [5, 5.41) is 5.16. The quantitative estimate of drug-likeness (QED) is 0.252. The van der Waals surface area contributed by atoms with Gasteiger partial charge in [0.2, 0.25) is 0 Å². The van der Waals surface area contributed by atoms with Crippen LogP contribution in [0, 0.1) is 23.7 Å². The van der Waals surface area contributed by atoms with Crippen molar-refractivity contribution in [3.63, 3.8) is 0 Å². The number of hydrazone groups is 1. The van der Waals surface area contributed by atoms with E-state index < -0.39 is 5.97 Å². The molecule has 1 aromatic carbocycles. The van der Waals surface area contributed by atoms with Gasteiger partial charge in [0.05, 0.1) is 31.3 Å². The second-order valence-electron chi connectivity index (χ2n) is 8.09. The van der Waals surface area contributed by atoms with Crippen LogP contribution in [0.4, 0.5) is 0 Å². The number of esters is 1. The van der Waals surface area contributed by atoms with Crippen molar-refractivity contribution in [2.75, 3.05) is 13.7 Å². The van der Waals surface area contributed by atoms with Crippen LogP contribution in [0.2, 0.25) is 0 Å². The van der Waals surface area contributed by atoms with E-state index in [2.05, 4.69) is 21.0 Å². The first-order valence-corrected chi connectivity index (χ1v) is 10.9. The van der Waals surface area contributed by atoms with Gasteiger partial charge < -0.3 is 14.2 Å². The number of hydrogen-bond acceptors (Lipinski definition) is 7. The summed E-state index contributed by atoms with van der Waals surface area (Å²) >= 11 is 3.40. The Kier molecular flexibility index (Phi) is 5.88. The predicted molar refractivity (Wildman–Crippen MR) is 115 cm³/mol. The van der Waals surface area contributed by atoms with E-state index in [9.17, 15) is 14.4 Å². The van der Waals surface area contributed by atoms with Crippen LogP contribution in [0.15, 0.2) is 33.9 Å². The van der Waals surface area contributed by atoms with Gasteiger partial charge in [-0.15, -0.1) is 0 Å². The van der Waals surface area contributed by atoms with Gasteiger partial charge in [-0.1, -0.05) is 28.1 Å². The average Bonchev–Trinajstić information content (AvgIpc) is 3.39. The zero-order valence-electron chi connectivity index (χ0n) is 17.4. The summed E-state index contributed by atoms with van der Waals surface area (Å²) in [6.45, 7) is 3.17. The van der Waals surface area contributed by atoms with Gasteiger partial charge >= 0.3 is 5.97 Å². The standard InChI is InChI=1S/C22H23BrN2O6/c1-11(2)31-17(26)10-30-20-14(7-15(23)8-16(20)29-3)9-24-25-21(27)18-12-4-5-13(6-12)19(18)22(25)28/h4-5,7-9,11-13,18-19H,6,10H2,1-3H3. The number of allylic oxidation sites excluding steroid dienone is 2. The number of carbonyl (C=O) groups is 3. The SMILES string of the molecule is COc1cc(Br)cc(C=NN2C(=O)C3C4C=CC(C4)C3C2=O)c1OCC(=O)OC(C)C. The normalized spacial score (nSPS) is 26.3. The molecule has 1 heterocycles. The van der Waals surface area contributed by atoms with Crippen LogP contribution in [0.3, 0.4) is 0 Å². The van der Waals surface area contributed by atoms with Crippen molar-refractivity contribution >= 4 is 39.9 Å². The van der Waals surface area contributed by atoms with Crippen molar-refractivity contribution in [1.82, 2.24) is 5.01 Å². The van der Waals surface area contributed by atoms with Gasteiger partial charge in [0, 0.05) is 10.0 Å². The predicted octanol–water partition coefficient (Wildman–Crippen LogP) is 2.93. The first kappa shape index (κ1) is 21.5. The van der Waals surface area contributed by atoms with E-state index in [1.165, 1.54) is 13.3 Å². The van der Waals surface area contributed by atoms with Crippen LogP contribution in [-0.2, 0) is 19.1 Å². The molecule has 8 nitrogen and oxygen atoms in total. The van der Waals surface area contributed by atoms with Gasteiger partial charge in [0.15, 0.2) is 18.1 Å². The summed E-state index contributed by atoms with van der Waals surface area (Å²) < 4.78 is 16.8.